The van der Waals surface area contributed by atoms with Crippen LogP contribution in [0.3, 0.4) is 0 Å². The van der Waals surface area contributed by atoms with E-state index in [4.69, 9.17) is 0 Å². The van der Waals surface area contributed by atoms with Crippen molar-refractivity contribution in [3.63, 3.8) is 0 Å². The smallest absolute Gasteiger partial charge is 0.210 e. The number of sulfonamides is 1. The maximum atomic E-state index is 13.7. The molecule has 0 heterocycles. The van der Waals surface area contributed by atoms with Gasteiger partial charge in [-0.1, -0.05) is 6.92 Å². The van der Waals surface area contributed by atoms with Crippen LogP contribution in [0, 0.1) is 0 Å². The predicted octanol–water partition coefficient (Wildman–Crippen LogP) is 7.82. The first-order valence-corrected chi connectivity index (χ1v) is 11.3. The van der Waals surface area contributed by atoms with Crippen molar-refractivity contribution in [1.29, 1.82) is 0 Å². The molecule has 0 radical (unpaired) electrons. The first kappa shape index (κ1) is 42.2. The topological polar surface area (TPSA) is 46.2 Å². The summed E-state index contributed by atoms with van der Waals surface area (Å²) < 4.78 is 356. The summed E-state index contributed by atoms with van der Waals surface area (Å²) in [5.74, 6) is -93.4. The standard InChI is InChI=1S/C15H8F25NO2S/c1-2-3-41-44(42,43)15(39,40)13(34,35)11(30,31)9(26,27)7(22,23)5(18,19)4(16,17)6(20,21)8(24,25)10(28,29)12(32,33)14(36,37)38/h41H,2-3H2,1H3. The average Bonchev–Trinajstić information content (AvgIpc) is 2.80. The largest absolute Gasteiger partial charge is 0.460 e. The molecule has 0 aliphatic rings. The van der Waals surface area contributed by atoms with Crippen LogP contribution in [0.2, 0.25) is 0 Å². The second kappa shape index (κ2) is 10.6. The summed E-state index contributed by atoms with van der Waals surface area (Å²) in [6.07, 6.45) is -8.95. The molecule has 29 heteroatoms. The van der Waals surface area contributed by atoms with Crippen molar-refractivity contribution in [2.45, 2.75) is 84.0 Å². The Bertz CT molecular complexity index is 1150. The van der Waals surface area contributed by atoms with Crippen molar-refractivity contribution < 1.29 is 118 Å². The quantitative estimate of drug-likeness (QED) is 0.185. The number of nitrogens with one attached hydrogen (secondary N) is 1. The van der Waals surface area contributed by atoms with Crippen molar-refractivity contribution in [1.82, 2.24) is 4.72 Å². The number of rotatable bonds is 14. The Labute approximate surface area is 224 Å². The minimum absolute atomic E-state index is 0.259. The van der Waals surface area contributed by atoms with Gasteiger partial charge in [-0.25, -0.2) is 13.1 Å². The fourth-order valence-electron chi connectivity index (χ4n) is 2.43. The van der Waals surface area contributed by atoms with E-state index in [0.29, 0.717) is 0 Å². The molecular formula is C15H8F25NO2S. The normalized spacial score (nSPS) is 16.9. The van der Waals surface area contributed by atoms with Crippen molar-refractivity contribution in [2.24, 2.45) is 0 Å². The summed E-state index contributed by atoms with van der Waals surface area (Å²) in [6, 6.07) is 0. The third kappa shape index (κ3) is 4.98. The van der Waals surface area contributed by atoms with Gasteiger partial charge in [-0.2, -0.15) is 110 Å². The van der Waals surface area contributed by atoms with Gasteiger partial charge >= 0.3 is 70.7 Å². The SMILES string of the molecule is CCCNS(=O)(=O)C(F)(F)C(F)(F)C(F)(F)C(F)(F)C(F)(F)C(F)(F)C(F)(F)C(F)(F)C(F)(F)C(F)(F)C(F)(F)C(F)(F)F. The van der Waals surface area contributed by atoms with E-state index in [2.05, 4.69) is 0 Å². The fourth-order valence-corrected chi connectivity index (χ4v) is 3.55. The van der Waals surface area contributed by atoms with Crippen molar-refractivity contribution >= 4 is 10.0 Å². The highest BCUT2D eigenvalue weighted by Crippen LogP contribution is 2.67. The van der Waals surface area contributed by atoms with Crippen LogP contribution in [-0.4, -0.2) is 85.6 Å². The highest BCUT2D eigenvalue weighted by molar-refractivity contribution is 7.90. The van der Waals surface area contributed by atoms with E-state index < -0.39 is 93.6 Å². The van der Waals surface area contributed by atoms with Crippen LogP contribution in [-0.2, 0) is 10.0 Å². The Hall–Kier alpha value is -1.84. The Balaban J connectivity index is 7.43. The Kier molecular flexibility index (Phi) is 10.2. The second-order valence-electron chi connectivity index (χ2n) is 8.16. The van der Waals surface area contributed by atoms with Crippen LogP contribution in [0.25, 0.3) is 0 Å². The van der Waals surface area contributed by atoms with Crippen LogP contribution in [0.15, 0.2) is 0 Å². The first-order valence-electron chi connectivity index (χ1n) is 9.78. The second-order valence-corrected chi connectivity index (χ2v) is 9.96. The van der Waals surface area contributed by atoms with E-state index in [9.17, 15) is 118 Å². The summed E-state index contributed by atoms with van der Waals surface area (Å²) in [7, 11) is -7.51. The lowest BCUT2D eigenvalue weighted by molar-refractivity contribution is -0.480. The predicted molar refractivity (Wildman–Crippen MR) is 87.7 cm³/mol. The molecule has 0 bridgehead atoms. The molecule has 0 saturated carbocycles. The molecule has 0 unspecified atom stereocenters. The van der Waals surface area contributed by atoms with Gasteiger partial charge in [0.15, 0.2) is 0 Å². The third-order valence-corrected chi connectivity index (χ3v) is 6.67. The molecule has 0 aromatic rings. The molecule has 0 aliphatic heterocycles. The van der Waals surface area contributed by atoms with Gasteiger partial charge in [0, 0.05) is 6.54 Å². The molecule has 0 atom stereocenters. The zero-order chi connectivity index (χ0) is 36.6. The minimum Gasteiger partial charge on any atom is -0.210 e. The van der Waals surface area contributed by atoms with Crippen LogP contribution >= 0.6 is 0 Å². The summed E-state index contributed by atoms with van der Waals surface area (Å²) in [5, 5.41) is -7.88. The zero-order valence-corrected chi connectivity index (χ0v) is 20.4. The van der Waals surface area contributed by atoms with Crippen LogP contribution in [0.1, 0.15) is 13.3 Å². The maximum Gasteiger partial charge on any atom is 0.460 e. The molecule has 0 amide bonds. The molecule has 0 spiro atoms. The molecule has 44 heavy (non-hydrogen) atoms. The van der Waals surface area contributed by atoms with E-state index in [1.807, 2.05) is 0 Å². The fraction of sp³-hybridized carbons (Fsp3) is 1.00. The average molecular weight is 741 g/mol. The molecule has 0 aromatic carbocycles. The van der Waals surface area contributed by atoms with Gasteiger partial charge in [0.1, 0.15) is 0 Å². The number of hydrogen-bond acceptors (Lipinski definition) is 2. The maximum absolute atomic E-state index is 13.7. The van der Waals surface area contributed by atoms with E-state index in [1.54, 1.807) is 0 Å². The van der Waals surface area contributed by atoms with E-state index >= 15 is 0 Å². The molecule has 0 saturated heterocycles. The van der Waals surface area contributed by atoms with Gasteiger partial charge < -0.3 is 0 Å². The van der Waals surface area contributed by atoms with Crippen LogP contribution in [0.5, 0.6) is 0 Å². The lowest BCUT2D eigenvalue weighted by Gasteiger charge is -2.45. The molecule has 0 fully saturated rings. The molecule has 1 N–H and O–H groups in total. The Morgan fingerprint density at radius 3 is 0.795 bits per heavy atom. The molecular weight excluding hydrogens is 733 g/mol. The Morgan fingerprint density at radius 2 is 0.591 bits per heavy atom. The lowest BCUT2D eigenvalue weighted by Crippen LogP contribution is -2.78. The summed E-state index contributed by atoms with van der Waals surface area (Å²) >= 11 is 0. The van der Waals surface area contributed by atoms with Gasteiger partial charge in [0.25, 0.3) is 10.0 Å². The van der Waals surface area contributed by atoms with E-state index in [0.717, 1.165) is 6.92 Å². The van der Waals surface area contributed by atoms with E-state index in [1.165, 1.54) is 0 Å². The van der Waals surface area contributed by atoms with Crippen molar-refractivity contribution in [2.75, 3.05) is 6.54 Å². The van der Waals surface area contributed by atoms with E-state index in [-0.39, 0.29) is 4.72 Å². The highest BCUT2D eigenvalue weighted by atomic mass is 32.2. The van der Waals surface area contributed by atoms with Crippen molar-refractivity contribution in [3.8, 4) is 0 Å². The molecule has 3 nitrogen and oxygen atoms in total. The van der Waals surface area contributed by atoms with Crippen molar-refractivity contribution in [3.05, 3.63) is 0 Å². The Morgan fingerprint density at radius 1 is 0.386 bits per heavy atom. The lowest BCUT2D eigenvalue weighted by atomic mass is 9.85. The molecule has 0 rings (SSSR count). The number of alkyl halides is 25. The number of halogens is 25. The minimum atomic E-state index is -9.71. The van der Waals surface area contributed by atoms with Crippen LogP contribution in [0.4, 0.5) is 110 Å². The summed E-state index contributed by atoms with van der Waals surface area (Å²) in [6.45, 7) is -0.693. The van der Waals surface area contributed by atoms with Gasteiger partial charge in [-0.15, -0.1) is 0 Å². The summed E-state index contributed by atoms with van der Waals surface area (Å²) in [5.41, 5.74) is 0. The molecule has 0 aromatic heterocycles. The van der Waals surface area contributed by atoms with Gasteiger partial charge in [0.05, 0.1) is 0 Å². The first-order chi connectivity index (χ1) is 18.6. The number of hydrogen-bond donors (Lipinski definition) is 1. The van der Waals surface area contributed by atoms with Gasteiger partial charge in [0.2, 0.25) is 0 Å². The monoisotopic (exact) mass is 741 g/mol. The third-order valence-electron chi connectivity index (χ3n) is 5.15. The van der Waals surface area contributed by atoms with Crippen LogP contribution < -0.4 is 4.72 Å². The molecule has 0 aliphatic carbocycles. The zero-order valence-electron chi connectivity index (χ0n) is 19.6. The molecule has 266 valence electrons. The van der Waals surface area contributed by atoms with Gasteiger partial charge in [-0.3, -0.25) is 0 Å². The highest BCUT2D eigenvalue weighted by Gasteiger charge is 3.00. The van der Waals surface area contributed by atoms with Gasteiger partial charge in [-0.05, 0) is 6.42 Å². The summed E-state index contributed by atoms with van der Waals surface area (Å²) in [4.78, 5) is 0.